The van der Waals surface area contributed by atoms with E-state index in [1.54, 1.807) is 30.3 Å². The van der Waals surface area contributed by atoms with Gasteiger partial charge in [0.2, 0.25) is 11.6 Å². The summed E-state index contributed by atoms with van der Waals surface area (Å²) in [4.78, 5) is 25.0. The topological polar surface area (TPSA) is 96.7 Å². The van der Waals surface area contributed by atoms with Gasteiger partial charge in [0.1, 0.15) is 5.76 Å². The van der Waals surface area contributed by atoms with E-state index in [0.29, 0.717) is 11.3 Å². The summed E-state index contributed by atoms with van der Waals surface area (Å²) in [6.45, 7) is 0. The van der Waals surface area contributed by atoms with Crippen LogP contribution in [0.5, 0.6) is 11.5 Å². The van der Waals surface area contributed by atoms with E-state index in [1.807, 2.05) is 0 Å². The first-order chi connectivity index (χ1) is 12.0. The highest BCUT2D eigenvalue weighted by Crippen LogP contribution is 2.37. The molecule has 2 N–H and O–H groups in total. The first-order valence-electron chi connectivity index (χ1n) is 7.42. The van der Waals surface area contributed by atoms with Gasteiger partial charge in [0.25, 0.3) is 0 Å². The third-order valence-electron chi connectivity index (χ3n) is 4.01. The number of aliphatic hydroxyl groups excluding tert-OH is 1. The molecule has 0 spiro atoms. The van der Waals surface area contributed by atoms with E-state index in [0.717, 1.165) is 0 Å². The molecule has 25 heavy (non-hydrogen) atoms. The highest BCUT2D eigenvalue weighted by molar-refractivity contribution is 6.58. The number of nitrogens with one attached hydrogen (secondary N) is 1. The Morgan fingerprint density at radius 1 is 0.920 bits per heavy atom. The average Bonchev–Trinajstić information content (AvgIpc) is 2.65. The first kappa shape index (κ1) is 16.4. The zero-order valence-corrected chi connectivity index (χ0v) is 13.6. The first-order valence-corrected chi connectivity index (χ1v) is 7.42. The van der Waals surface area contributed by atoms with Gasteiger partial charge in [0.05, 0.1) is 25.5 Å². The van der Waals surface area contributed by atoms with E-state index in [-0.39, 0.29) is 28.2 Å². The number of hydrogen-bond donors (Lipinski definition) is 2. The molecule has 3 rings (SSSR count). The highest BCUT2D eigenvalue weighted by atomic mass is 16.5. The molecule has 0 aliphatic heterocycles. The van der Waals surface area contributed by atoms with Crippen LogP contribution in [0.15, 0.2) is 48.0 Å². The Kier molecular flexibility index (Phi) is 4.10. The van der Waals surface area contributed by atoms with Crippen molar-refractivity contribution in [1.29, 1.82) is 5.41 Å². The van der Waals surface area contributed by atoms with Gasteiger partial charge in [-0.3, -0.25) is 15.0 Å². The fraction of sp³-hybridized carbons (Fsp3) is 0.105. The maximum atomic E-state index is 12.5. The minimum absolute atomic E-state index is 0.0183. The minimum Gasteiger partial charge on any atom is -0.506 e. The number of allylic oxidation sites excluding steroid dienone is 1. The fourth-order valence-electron chi connectivity index (χ4n) is 2.72. The van der Waals surface area contributed by atoms with Crippen molar-refractivity contribution in [3.05, 3.63) is 64.7 Å². The van der Waals surface area contributed by atoms with E-state index in [4.69, 9.17) is 14.9 Å². The molecule has 0 heterocycles. The molecule has 0 radical (unpaired) electrons. The van der Waals surface area contributed by atoms with Gasteiger partial charge in [-0.25, -0.2) is 0 Å². The maximum Gasteiger partial charge on any atom is 0.239 e. The van der Waals surface area contributed by atoms with E-state index in [9.17, 15) is 14.7 Å². The van der Waals surface area contributed by atoms with E-state index < -0.39 is 17.3 Å². The largest absolute Gasteiger partial charge is 0.506 e. The Morgan fingerprint density at radius 3 is 2.04 bits per heavy atom. The lowest BCUT2D eigenvalue weighted by molar-refractivity contribution is -0.111. The van der Waals surface area contributed by atoms with Crippen molar-refractivity contribution in [3.8, 4) is 11.5 Å². The van der Waals surface area contributed by atoms with Gasteiger partial charge < -0.3 is 14.6 Å². The number of benzene rings is 2. The molecule has 2 aromatic carbocycles. The van der Waals surface area contributed by atoms with E-state index >= 15 is 0 Å². The smallest absolute Gasteiger partial charge is 0.239 e. The summed E-state index contributed by atoms with van der Waals surface area (Å²) in [6, 6.07) is 11.2. The molecule has 2 aromatic rings. The summed E-state index contributed by atoms with van der Waals surface area (Å²) in [5.74, 6) is -1.57. The van der Waals surface area contributed by atoms with Crippen LogP contribution in [0.4, 0.5) is 0 Å². The van der Waals surface area contributed by atoms with Gasteiger partial charge >= 0.3 is 0 Å². The van der Waals surface area contributed by atoms with Gasteiger partial charge in [0, 0.05) is 16.7 Å². The van der Waals surface area contributed by atoms with Crippen LogP contribution >= 0.6 is 0 Å². The van der Waals surface area contributed by atoms with Crippen molar-refractivity contribution >= 4 is 23.0 Å². The predicted octanol–water partition coefficient (Wildman–Crippen LogP) is 2.81. The Hall–Kier alpha value is -3.41. The predicted molar refractivity (Wildman–Crippen MR) is 91.7 cm³/mol. The normalized spacial score (nSPS) is 13.5. The number of carbonyl (C=O) groups is 2. The van der Waals surface area contributed by atoms with Crippen LogP contribution in [0.3, 0.4) is 0 Å². The number of rotatable bonds is 4. The van der Waals surface area contributed by atoms with Crippen molar-refractivity contribution < 1.29 is 24.2 Å². The molecule has 1 aliphatic rings. The Bertz CT molecular complexity index is 928. The molecule has 6 nitrogen and oxygen atoms in total. The summed E-state index contributed by atoms with van der Waals surface area (Å²) in [7, 11) is 2.83. The lowest BCUT2D eigenvalue weighted by Crippen LogP contribution is -2.28. The van der Waals surface area contributed by atoms with Crippen LogP contribution in [0.1, 0.15) is 21.5 Å². The Morgan fingerprint density at radius 2 is 1.48 bits per heavy atom. The number of methoxy groups -OCH3 is 2. The second-order valence-corrected chi connectivity index (χ2v) is 5.38. The number of Topliss-reactive ketones (excluding diaryl/α,β-unsaturated/α-hetero) is 2. The molecular formula is C19H15NO5. The van der Waals surface area contributed by atoms with Gasteiger partial charge in [-0.05, 0) is 12.1 Å². The van der Waals surface area contributed by atoms with Gasteiger partial charge in [-0.15, -0.1) is 0 Å². The summed E-state index contributed by atoms with van der Waals surface area (Å²) in [5, 5.41) is 18.8. The highest BCUT2D eigenvalue weighted by Gasteiger charge is 2.36. The molecular weight excluding hydrogens is 322 g/mol. The van der Waals surface area contributed by atoms with Crippen LogP contribution in [0, 0.1) is 5.41 Å². The van der Waals surface area contributed by atoms with Gasteiger partial charge in [-0.1, -0.05) is 30.3 Å². The second-order valence-electron chi connectivity index (χ2n) is 5.38. The van der Waals surface area contributed by atoms with Crippen LogP contribution in [0.2, 0.25) is 0 Å². The molecule has 0 saturated carbocycles. The van der Waals surface area contributed by atoms with Crippen molar-refractivity contribution in [3.63, 3.8) is 0 Å². The van der Waals surface area contributed by atoms with Crippen LogP contribution in [-0.4, -0.2) is 36.6 Å². The number of aliphatic hydroxyl groups is 1. The molecule has 0 saturated heterocycles. The van der Waals surface area contributed by atoms with E-state index in [1.165, 1.54) is 26.4 Å². The zero-order valence-electron chi connectivity index (χ0n) is 13.6. The lowest BCUT2D eigenvalue weighted by Gasteiger charge is -2.20. The minimum atomic E-state index is -0.925. The summed E-state index contributed by atoms with van der Waals surface area (Å²) >= 11 is 0. The molecule has 0 unspecified atom stereocenters. The monoisotopic (exact) mass is 337 g/mol. The fourth-order valence-corrected chi connectivity index (χ4v) is 2.72. The van der Waals surface area contributed by atoms with Crippen molar-refractivity contribution in [2.45, 2.75) is 0 Å². The molecule has 0 aromatic heterocycles. The number of carbonyl (C=O) groups excluding carboxylic acids is 2. The molecule has 0 amide bonds. The van der Waals surface area contributed by atoms with Gasteiger partial charge in [-0.2, -0.15) is 0 Å². The molecule has 0 bridgehead atoms. The van der Waals surface area contributed by atoms with Crippen molar-refractivity contribution in [2.75, 3.05) is 14.2 Å². The summed E-state index contributed by atoms with van der Waals surface area (Å²) in [6.07, 6.45) is 0. The van der Waals surface area contributed by atoms with Crippen molar-refractivity contribution in [1.82, 2.24) is 0 Å². The lowest BCUT2D eigenvalue weighted by atomic mass is 9.84. The van der Waals surface area contributed by atoms with Gasteiger partial charge in [0.15, 0.2) is 11.5 Å². The quantitative estimate of drug-likeness (QED) is 0.660. The SMILES string of the molecule is COc1cc2c(cc1OC)C(O)=C(C(=N)c1ccccc1)C(=O)C2=O. The summed E-state index contributed by atoms with van der Waals surface area (Å²) < 4.78 is 10.3. The van der Waals surface area contributed by atoms with Crippen LogP contribution < -0.4 is 9.47 Å². The standard InChI is InChI=1S/C19H15NO5/c1-24-13-8-11-12(9-14(13)25-2)18(22)19(23)15(17(11)21)16(20)10-6-4-3-5-7-10/h3-9,20-21H,1-2H3. The molecule has 1 aliphatic carbocycles. The number of ketones is 2. The second kappa shape index (κ2) is 6.24. The maximum absolute atomic E-state index is 12.5. The molecule has 0 fully saturated rings. The molecule has 0 atom stereocenters. The van der Waals surface area contributed by atoms with Crippen LogP contribution in [0.25, 0.3) is 5.76 Å². The van der Waals surface area contributed by atoms with Crippen LogP contribution in [-0.2, 0) is 4.79 Å². The number of ether oxygens (including phenoxy) is 2. The third-order valence-corrected chi connectivity index (χ3v) is 4.01. The molecule has 6 heteroatoms. The van der Waals surface area contributed by atoms with E-state index in [2.05, 4.69) is 0 Å². The average molecular weight is 337 g/mol. The summed E-state index contributed by atoms with van der Waals surface area (Å²) in [5.41, 5.74) is 0.0459. The zero-order chi connectivity index (χ0) is 18.1. The van der Waals surface area contributed by atoms with Crippen molar-refractivity contribution in [2.24, 2.45) is 0 Å². The number of fused-ring (bicyclic) bond motifs is 1. The Labute approximate surface area is 143 Å². The molecule has 126 valence electrons. The Balaban J connectivity index is 2.23. The number of hydrogen-bond acceptors (Lipinski definition) is 6. The third kappa shape index (κ3) is 2.57.